The molecule has 0 fully saturated rings. The Kier molecular flexibility index (Phi) is 11.9. The molecule has 0 atom stereocenters. The van der Waals surface area contributed by atoms with Gasteiger partial charge in [-0.05, 0) is 0 Å². The van der Waals surface area contributed by atoms with E-state index >= 15 is 0 Å². The van der Waals surface area contributed by atoms with E-state index in [9.17, 15) is 0 Å². The van der Waals surface area contributed by atoms with Crippen LogP contribution in [0.25, 0.3) is 0 Å². The molecule has 0 aromatic heterocycles. The Hall–Kier alpha value is -0.865. The molecule has 0 saturated heterocycles. The summed E-state index contributed by atoms with van der Waals surface area (Å²) < 4.78 is 6.40. The molecule has 0 saturated carbocycles. The van der Waals surface area contributed by atoms with Gasteiger partial charge < -0.3 is 0 Å². The second-order valence-corrected chi connectivity index (χ2v) is 43.3. The summed E-state index contributed by atoms with van der Waals surface area (Å²) in [4.78, 5) is 2.59. The van der Waals surface area contributed by atoms with Gasteiger partial charge in [0, 0.05) is 0 Å². The minimum absolute atomic E-state index is 0.283. The van der Waals surface area contributed by atoms with Crippen LogP contribution in [0.15, 0.2) is 72.8 Å². The van der Waals surface area contributed by atoms with Gasteiger partial charge in [-0.2, -0.15) is 0 Å². The quantitative estimate of drug-likeness (QED) is 0.224. The van der Waals surface area contributed by atoms with Gasteiger partial charge in [-0.1, -0.05) is 0 Å². The van der Waals surface area contributed by atoms with Gasteiger partial charge in [0.15, 0.2) is 0 Å². The van der Waals surface area contributed by atoms with Crippen molar-refractivity contribution >= 4 is 74.1 Å². The van der Waals surface area contributed by atoms with Crippen LogP contribution >= 0.6 is 0 Å². The van der Waals surface area contributed by atoms with E-state index in [1.807, 2.05) is 0 Å². The number of nitrogens with zero attached hydrogens (tertiary/aromatic N) is 1. The zero-order valence-corrected chi connectivity index (χ0v) is 38.3. The van der Waals surface area contributed by atoms with Gasteiger partial charge in [0.25, 0.3) is 0 Å². The number of rotatable bonds is 6. The Balaban J connectivity index is 2.38. The van der Waals surface area contributed by atoms with E-state index in [-0.39, 0.29) is 25.2 Å². The molecular weight excluding hydrogens is 743 g/mol. The maximum atomic E-state index is 2.59. The van der Waals surface area contributed by atoms with Crippen LogP contribution in [0, 0.1) is 0 Å². The van der Waals surface area contributed by atoms with Crippen LogP contribution in [0.1, 0.15) is 125 Å². The predicted molar refractivity (Wildman–Crippen MR) is 216 cm³/mol. The Morgan fingerprint density at radius 2 is 0.522 bits per heavy atom. The van der Waals surface area contributed by atoms with Crippen molar-refractivity contribution in [3.8, 4) is 0 Å². The molecule has 0 aliphatic rings. The van der Waals surface area contributed by atoms with E-state index in [1.54, 1.807) is 13.1 Å². The number of hydrogen-bond donors (Lipinski definition) is 0. The van der Waals surface area contributed by atoms with E-state index in [0.717, 1.165) is 0 Å². The molecule has 4 heteroatoms. The van der Waals surface area contributed by atoms with Crippen molar-refractivity contribution in [1.29, 1.82) is 0 Å². The molecule has 3 rings (SSSR count). The molecular formula is C42H66As3N. The third-order valence-corrected chi connectivity index (χ3v) is 30.0. The molecule has 254 valence electrons. The zero-order chi connectivity index (χ0) is 35.3. The molecule has 0 aliphatic heterocycles. The molecule has 0 aliphatic carbocycles. The molecule has 0 radical (unpaired) electrons. The fraction of sp³-hybridized carbons (Fsp3) is 0.571. The van der Waals surface area contributed by atoms with Crippen molar-refractivity contribution in [3.05, 3.63) is 72.8 Å². The minimum atomic E-state index is -1.47. The van der Waals surface area contributed by atoms with Crippen molar-refractivity contribution < 1.29 is 0 Å². The summed E-state index contributed by atoms with van der Waals surface area (Å²) in [5.74, 6) is 0. The van der Waals surface area contributed by atoms with Gasteiger partial charge in [-0.25, -0.2) is 0 Å². The van der Waals surface area contributed by atoms with Crippen molar-refractivity contribution in [3.63, 3.8) is 0 Å². The SMILES string of the molecule is CC(C)(C)[As](c1cccc(N(c2cccc([As](C(C)(C)C)C(C)(C)C)c2)c2cccc([As](C(C)(C)C)C(C)(C)C)c2)c1)C(C)(C)C. The van der Waals surface area contributed by atoms with Crippen molar-refractivity contribution in [2.24, 2.45) is 0 Å². The second-order valence-electron chi connectivity index (χ2n) is 18.9. The first-order valence-electron chi connectivity index (χ1n) is 17.1. The fourth-order valence-electron chi connectivity index (χ4n) is 8.10. The Bertz CT molecular complexity index is 1240. The van der Waals surface area contributed by atoms with Crippen LogP contribution in [0.5, 0.6) is 0 Å². The molecule has 3 aromatic carbocycles. The average molecular weight is 810 g/mol. The van der Waals surface area contributed by atoms with Crippen LogP contribution in [0.4, 0.5) is 17.1 Å². The first-order chi connectivity index (χ1) is 20.6. The van der Waals surface area contributed by atoms with Crippen LogP contribution < -0.4 is 18.0 Å². The topological polar surface area (TPSA) is 3.24 Å². The van der Waals surface area contributed by atoms with Gasteiger partial charge in [0.05, 0.1) is 0 Å². The summed E-state index contributed by atoms with van der Waals surface area (Å²) in [6.45, 7) is 44.3. The van der Waals surface area contributed by atoms with Crippen LogP contribution in [0.3, 0.4) is 0 Å². The summed E-state index contributed by atoms with van der Waals surface area (Å²) in [7, 11) is 0. The molecule has 0 amide bonds. The molecule has 0 heterocycles. The van der Waals surface area contributed by atoms with Crippen LogP contribution in [-0.2, 0) is 0 Å². The zero-order valence-electron chi connectivity index (χ0n) is 32.7. The molecule has 0 bridgehead atoms. The predicted octanol–water partition coefficient (Wildman–Crippen LogP) is 12.1. The van der Waals surface area contributed by atoms with Gasteiger partial charge >= 0.3 is 302 Å². The van der Waals surface area contributed by atoms with E-state index in [2.05, 4.69) is 202 Å². The van der Waals surface area contributed by atoms with Crippen molar-refractivity contribution in [1.82, 2.24) is 0 Å². The summed E-state index contributed by atoms with van der Waals surface area (Å²) in [6.07, 6.45) is 0. The standard InChI is InChI=1S/C42H66As3N/c1-37(2,3)43(38(4,5)6)31-22-19-25-34(28-31)46(35-26-20-23-32(29-35)44(39(7,8)9)40(10,11)12)36-27-21-24-33(30-36)45(41(13,14)15)42(16,17)18/h19-30H,1-18H3. The molecule has 3 aromatic rings. The normalized spacial score (nSPS) is 14.0. The first kappa shape index (κ1) is 39.6. The second kappa shape index (κ2) is 13.8. The molecule has 0 N–H and O–H groups in total. The summed E-state index contributed by atoms with van der Waals surface area (Å²) in [6, 6.07) is 29.0. The summed E-state index contributed by atoms with van der Waals surface area (Å²) in [5, 5.41) is 0. The van der Waals surface area contributed by atoms with Gasteiger partial charge in [-0.3, -0.25) is 0 Å². The third-order valence-electron chi connectivity index (χ3n) is 8.06. The van der Waals surface area contributed by atoms with Gasteiger partial charge in [0.2, 0.25) is 0 Å². The molecule has 1 nitrogen and oxygen atoms in total. The van der Waals surface area contributed by atoms with Crippen molar-refractivity contribution in [2.45, 2.75) is 150 Å². The Morgan fingerprint density at radius 1 is 0.326 bits per heavy atom. The van der Waals surface area contributed by atoms with Crippen LogP contribution in [0.2, 0.25) is 25.2 Å². The summed E-state index contributed by atoms with van der Waals surface area (Å²) in [5.41, 5.74) is 3.86. The Labute approximate surface area is 299 Å². The molecule has 0 unspecified atom stereocenters. The number of anilines is 3. The van der Waals surface area contributed by atoms with E-state index in [4.69, 9.17) is 0 Å². The van der Waals surface area contributed by atoms with Gasteiger partial charge in [0.1, 0.15) is 0 Å². The number of benzene rings is 3. The Morgan fingerprint density at radius 3 is 0.696 bits per heavy atom. The third kappa shape index (κ3) is 9.64. The van der Waals surface area contributed by atoms with Gasteiger partial charge in [-0.15, -0.1) is 0 Å². The molecule has 46 heavy (non-hydrogen) atoms. The van der Waals surface area contributed by atoms with Crippen molar-refractivity contribution in [2.75, 3.05) is 4.90 Å². The maximum absolute atomic E-state index is 2.59. The van der Waals surface area contributed by atoms with E-state index in [1.165, 1.54) is 17.1 Å². The van der Waals surface area contributed by atoms with Crippen LogP contribution in [-0.4, -0.2) is 44.0 Å². The monoisotopic (exact) mass is 809 g/mol. The average Bonchev–Trinajstić information content (AvgIpc) is 2.79. The van der Waals surface area contributed by atoms with E-state index < -0.39 is 44.0 Å². The molecule has 0 spiro atoms. The fourth-order valence-corrected chi connectivity index (χ4v) is 33.6. The van der Waals surface area contributed by atoms with E-state index in [0.29, 0.717) is 0 Å². The first-order valence-corrected chi connectivity index (χ1v) is 25.6. The number of hydrogen-bond acceptors (Lipinski definition) is 1. The summed E-state index contributed by atoms with van der Waals surface area (Å²) >= 11 is -4.41.